The molecule has 11 heavy (non-hydrogen) atoms. The fourth-order valence-electron chi connectivity index (χ4n) is 1.41. The lowest BCUT2D eigenvalue weighted by atomic mass is 10.1. The molecule has 66 valence electrons. The summed E-state index contributed by atoms with van der Waals surface area (Å²) in [7, 11) is 0. The van der Waals surface area contributed by atoms with Crippen LogP contribution in [0.5, 0.6) is 0 Å². The van der Waals surface area contributed by atoms with Gasteiger partial charge in [-0.2, -0.15) is 0 Å². The van der Waals surface area contributed by atoms with Crippen LogP contribution in [0, 0.1) is 0 Å². The molecule has 0 atom stereocenters. The van der Waals surface area contributed by atoms with E-state index in [2.05, 4.69) is 10.4 Å². The van der Waals surface area contributed by atoms with Gasteiger partial charge in [-0.3, -0.25) is 0 Å². The van der Waals surface area contributed by atoms with Gasteiger partial charge in [0.05, 0.1) is 0 Å². The van der Waals surface area contributed by atoms with E-state index in [0.717, 1.165) is 25.9 Å². The smallest absolute Gasteiger partial charge is 0.102 e. The topological polar surface area (TPSA) is 35.5 Å². The third-order valence-electron chi connectivity index (χ3n) is 2.17. The minimum Gasteiger partial charge on any atom is -0.317 e. The summed E-state index contributed by atoms with van der Waals surface area (Å²) in [6.45, 7) is 2.06. The fraction of sp³-hybridized carbons (Fsp3) is 1.00. The van der Waals surface area contributed by atoms with E-state index in [1.165, 1.54) is 0 Å². The highest BCUT2D eigenvalue weighted by atomic mass is 19.1. The van der Waals surface area contributed by atoms with Crippen molar-refractivity contribution < 1.29 is 9.60 Å². The highest BCUT2D eigenvalue weighted by molar-refractivity contribution is 4.74. The van der Waals surface area contributed by atoms with Gasteiger partial charge in [0.15, 0.2) is 0 Å². The summed E-state index contributed by atoms with van der Waals surface area (Å²) in [5, 5.41) is 8.56. The highest BCUT2D eigenvalue weighted by Crippen LogP contribution is 2.08. The standard InChI is InChI=1S/C7H15FN2O/c8-3-6-10-4-1-7(9-11)2-5-10/h7,9,11H,1-6H2. The van der Waals surface area contributed by atoms with Crippen molar-refractivity contribution in [2.24, 2.45) is 0 Å². The summed E-state index contributed by atoms with van der Waals surface area (Å²) >= 11 is 0. The Kier molecular flexibility index (Phi) is 3.76. The molecule has 0 spiro atoms. The molecule has 0 aliphatic carbocycles. The van der Waals surface area contributed by atoms with Crippen molar-refractivity contribution in [3.8, 4) is 0 Å². The van der Waals surface area contributed by atoms with Crippen molar-refractivity contribution >= 4 is 0 Å². The van der Waals surface area contributed by atoms with Crippen LogP contribution in [0.1, 0.15) is 12.8 Å². The number of nitrogens with zero attached hydrogens (tertiary/aromatic N) is 1. The molecule has 4 heteroatoms. The first kappa shape index (κ1) is 8.90. The minimum absolute atomic E-state index is 0.214. The average molecular weight is 162 g/mol. The fourth-order valence-corrected chi connectivity index (χ4v) is 1.41. The first-order valence-electron chi connectivity index (χ1n) is 4.04. The van der Waals surface area contributed by atoms with Gasteiger partial charge in [0.1, 0.15) is 6.67 Å². The van der Waals surface area contributed by atoms with Gasteiger partial charge in [0, 0.05) is 12.6 Å². The molecule has 0 unspecified atom stereocenters. The molecule has 1 aliphatic rings. The number of nitrogens with one attached hydrogen (secondary N) is 1. The van der Waals surface area contributed by atoms with Crippen molar-refractivity contribution in [3.63, 3.8) is 0 Å². The summed E-state index contributed by atoms with van der Waals surface area (Å²) < 4.78 is 11.9. The van der Waals surface area contributed by atoms with Crippen molar-refractivity contribution in [2.75, 3.05) is 26.3 Å². The first-order chi connectivity index (χ1) is 5.36. The zero-order valence-electron chi connectivity index (χ0n) is 6.59. The maximum atomic E-state index is 11.9. The van der Waals surface area contributed by atoms with Crippen molar-refractivity contribution in [1.29, 1.82) is 0 Å². The van der Waals surface area contributed by atoms with Crippen LogP contribution in [0.3, 0.4) is 0 Å². The Labute approximate surface area is 66.1 Å². The zero-order chi connectivity index (χ0) is 8.10. The highest BCUT2D eigenvalue weighted by Gasteiger charge is 2.17. The largest absolute Gasteiger partial charge is 0.317 e. The lowest BCUT2D eigenvalue weighted by Crippen LogP contribution is -2.42. The normalized spacial score (nSPS) is 22.4. The Morgan fingerprint density at radius 3 is 2.55 bits per heavy atom. The third kappa shape index (κ3) is 2.73. The number of likely N-dealkylation sites (tertiary alicyclic amines) is 1. The Morgan fingerprint density at radius 2 is 2.09 bits per heavy atom. The summed E-state index contributed by atoms with van der Waals surface area (Å²) in [5.41, 5.74) is 2.25. The van der Waals surface area contributed by atoms with E-state index in [-0.39, 0.29) is 12.7 Å². The lowest BCUT2D eigenvalue weighted by molar-refractivity contribution is 0.0809. The molecule has 1 fully saturated rings. The quantitative estimate of drug-likeness (QED) is 0.590. The molecule has 0 radical (unpaired) electrons. The predicted molar refractivity (Wildman–Crippen MR) is 40.4 cm³/mol. The van der Waals surface area contributed by atoms with Crippen molar-refractivity contribution in [1.82, 2.24) is 10.4 Å². The number of hydrogen-bond donors (Lipinski definition) is 2. The van der Waals surface area contributed by atoms with Crippen LogP contribution in [-0.4, -0.2) is 42.5 Å². The maximum Gasteiger partial charge on any atom is 0.102 e. The van der Waals surface area contributed by atoms with Gasteiger partial charge in [0.2, 0.25) is 0 Å². The number of hydroxylamine groups is 1. The predicted octanol–water partition coefficient (Wildman–Crippen LogP) is 0.399. The second kappa shape index (κ2) is 4.64. The zero-order valence-corrected chi connectivity index (χ0v) is 6.59. The molecule has 0 amide bonds. The van der Waals surface area contributed by atoms with Crippen LogP contribution in [0.25, 0.3) is 0 Å². The van der Waals surface area contributed by atoms with Gasteiger partial charge >= 0.3 is 0 Å². The van der Waals surface area contributed by atoms with Crippen molar-refractivity contribution in [3.05, 3.63) is 0 Å². The van der Waals surface area contributed by atoms with E-state index in [9.17, 15) is 4.39 Å². The molecular formula is C7H15FN2O. The van der Waals surface area contributed by atoms with Gasteiger partial charge < -0.3 is 10.1 Å². The number of alkyl halides is 1. The summed E-state index contributed by atoms with van der Waals surface area (Å²) in [4.78, 5) is 2.08. The van der Waals surface area contributed by atoms with Gasteiger partial charge in [0.25, 0.3) is 0 Å². The van der Waals surface area contributed by atoms with E-state index in [0.29, 0.717) is 6.54 Å². The average Bonchev–Trinajstić information content (AvgIpc) is 2.07. The number of halogens is 1. The molecule has 0 saturated carbocycles. The van der Waals surface area contributed by atoms with E-state index >= 15 is 0 Å². The molecule has 2 N–H and O–H groups in total. The van der Waals surface area contributed by atoms with Gasteiger partial charge in [-0.25, -0.2) is 9.87 Å². The SMILES string of the molecule is ONC1CCN(CCF)CC1. The monoisotopic (exact) mass is 162 g/mol. The molecule has 1 heterocycles. The molecule has 1 saturated heterocycles. The van der Waals surface area contributed by atoms with Crippen LogP contribution in [-0.2, 0) is 0 Å². The molecule has 0 bridgehead atoms. The van der Waals surface area contributed by atoms with Crippen LogP contribution in [0.4, 0.5) is 4.39 Å². The Morgan fingerprint density at radius 1 is 1.45 bits per heavy atom. The second-order valence-electron chi connectivity index (χ2n) is 2.93. The van der Waals surface area contributed by atoms with Gasteiger partial charge in [-0.05, 0) is 25.9 Å². The third-order valence-corrected chi connectivity index (χ3v) is 2.17. The second-order valence-corrected chi connectivity index (χ2v) is 2.93. The van der Waals surface area contributed by atoms with E-state index < -0.39 is 0 Å². The van der Waals surface area contributed by atoms with Gasteiger partial charge in [-0.15, -0.1) is 0 Å². The minimum atomic E-state index is -0.267. The molecule has 3 nitrogen and oxygen atoms in total. The summed E-state index contributed by atoms with van der Waals surface area (Å²) in [5.74, 6) is 0. The first-order valence-corrected chi connectivity index (χ1v) is 4.04. The van der Waals surface area contributed by atoms with E-state index in [1.807, 2.05) is 0 Å². The van der Waals surface area contributed by atoms with E-state index in [1.54, 1.807) is 0 Å². The lowest BCUT2D eigenvalue weighted by Gasteiger charge is -2.30. The van der Waals surface area contributed by atoms with Crippen LogP contribution in [0.15, 0.2) is 0 Å². The number of piperidine rings is 1. The molecule has 1 rings (SSSR count). The Bertz CT molecular complexity index is 105. The number of rotatable bonds is 3. The summed E-state index contributed by atoms with van der Waals surface area (Å²) in [6, 6.07) is 0.214. The maximum absolute atomic E-state index is 11.9. The summed E-state index contributed by atoms with van der Waals surface area (Å²) in [6.07, 6.45) is 1.83. The number of hydrogen-bond acceptors (Lipinski definition) is 3. The van der Waals surface area contributed by atoms with E-state index in [4.69, 9.17) is 5.21 Å². The Balaban J connectivity index is 2.14. The molecule has 0 aromatic carbocycles. The molecule has 0 aromatic rings. The molecule has 1 aliphatic heterocycles. The van der Waals surface area contributed by atoms with Crippen molar-refractivity contribution in [2.45, 2.75) is 18.9 Å². The molecule has 0 aromatic heterocycles. The van der Waals surface area contributed by atoms with Crippen LogP contribution >= 0.6 is 0 Å². The Hall–Kier alpha value is -0.190. The van der Waals surface area contributed by atoms with Gasteiger partial charge in [-0.1, -0.05) is 0 Å². The molecular weight excluding hydrogens is 147 g/mol. The van der Waals surface area contributed by atoms with Crippen LogP contribution in [0.2, 0.25) is 0 Å². The van der Waals surface area contributed by atoms with Crippen LogP contribution < -0.4 is 5.48 Å².